The van der Waals surface area contributed by atoms with Crippen molar-refractivity contribution in [3.05, 3.63) is 76.8 Å². The molecule has 3 aliphatic rings. The van der Waals surface area contributed by atoms with E-state index >= 15 is 0 Å². The maximum atomic E-state index is 13.5. The van der Waals surface area contributed by atoms with Crippen LogP contribution in [0.2, 0.25) is 5.02 Å². The number of anilines is 1. The van der Waals surface area contributed by atoms with Gasteiger partial charge in [0, 0.05) is 35.8 Å². The molecule has 3 fully saturated rings. The van der Waals surface area contributed by atoms with Gasteiger partial charge in [0.2, 0.25) is 0 Å². The average Bonchev–Trinajstić information content (AvgIpc) is 3.35. The Morgan fingerprint density at radius 2 is 1.81 bits per heavy atom. The summed E-state index contributed by atoms with van der Waals surface area (Å²) in [7, 11) is -3.97. The van der Waals surface area contributed by atoms with Crippen LogP contribution in [-0.4, -0.2) is 40.1 Å². The largest absolute Gasteiger partial charge is 0.387 e. The molecule has 36 heavy (non-hydrogen) atoms. The van der Waals surface area contributed by atoms with Crippen molar-refractivity contribution in [2.24, 2.45) is 11.8 Å². The molecule has 2 aromatic carbocycles. The minimum Gasteiger partial charge on any atom is -0.387 e. The van der Waals surface area contributed by atoms with E-state index in [0.717, 1.165) is 6.07 Å². The average molecular weight is 540 g/mol. The highest BCUT2D eigenvalue weighted by Crippen LogP contribution is 2.56. The van der Waals surface area contributed by atoms with E-state index in [2.05, 4.69) is 10.4 Å². The monoisotopic (exact) mass is 539 g/mol. The van der Waals surface area contributed by atoms with Gasteiger partial charge in [-0.3, -0.25) is 9.48 Å². The van der Waals surface area contributed by atoms with Crippen molar-refractivity contribution in [1.29, 1.82) is 0 Å². The first-order valence-electron chi connectivity index (χ1n) is 11.2. The Bertz CT molecular complexity index is 1410. The van der Waals surface area contributed by atoms with E-state index in [1.54, 1.807) is 23.1 Å². The van der Waals surface area contributed by atoms with Gasteiger partial charge in [-0.05, 0) is 55.4 Å². The molecule has 3 aliphatic carbocycles. The number of fused-ring (bicyclic) bond motifs is 2. The summed E-state index contributed by atoms with van der Waals surface area (Å²) in [5, 5.41) is 16.7. The lowest BCUT2D eigenvalue weighted by Gasteiger charge is -2.58. The lowest BCUT2D eigenvalue weighted by molar-refractivity contribution is -0.185. The quantitative estimate of drug-likeness (QED) is 0.457. The summed E-state index contributed by atoms with van der Waals surface area (Å²) in [6.07, 6.45) is 4.53. The Labute approximate surface area is 209 Å². The van der Waals surface area contributed by atoms with E-state index in [4.69, 9.17) is 11.6 Å². The Kier molecular flexibility index (Phi) is 6.12. The summed E-state index contributed by atoms with van der Waals surface area (Å²) < 4.78 is 68.8. The van der Waals surface area contributed by atoms with E-state index < -0.39 is 44.0 Å². The number of aromatic nitrogens is 2. The molecule has 190 valence electrons. The second-order valence-electron chi connectivity index (χ2n) is 9.32. The number of aliphatic hydroxyl groups is 1. The number of sulfone groups is 1. The predicted molar refractivity (Wildman–Crippen MR) is 125 cm³/mol. The summed E-state index contributed by atoms with van der Waals surface area (Å²) in [6.45, 7) is 0.281. The number of amides is 1. The van der Waals surface area contributed by atoms with Gasteiger partial charge in [0.15, 0.2) is 27.3 Å². The second-order valence-corrected chi connectivity index (χ2v) is 11.9. The molecule has 2 unspecified atom stereocenters. The Hall–Kier alpha value is -2.89. The van der Waals surface area contributed by atoms with Gasteiger partial charge in [-0.1, -0.05) is 11.6 Å². The van der Waals surface area contributed by atoms with Gasteiger partial charge in [-0.25, -0.2) is 21.6 Å². The lowest BCUT2D eigenvalue weighted by Crippen LogP contribution is -2.63. The van der Waals surface area contributed by atoms with Gasteiger partial charge in [0.25, 0.3) is 5.91 Å². The van der Waals surface area contributed by atoms with Gasteiger partial charge < -0.3 is 10.4 Å². The van der Waals surface area contributed by atoms with Crippen LogP contribution in [0.25, 0.3) is 0 Å². The fraction of sp³-hybridized carbons (Fsp3) is 0.333. The zero-order valence-electron chi connectivity index (χ0n) is 18.7. The standard InChI is InChI=1S/C24H21ClF3N3O4S/c25-18-3-2-13(23(32)30-16-10-19(26)22(28)20(27)11-16)6-21(18)36(34,35)17-8-14-7-15(9-17)24(14,33)12-31-5-1-4-29-31/h1-6,10-11,14-15,17,33H,7-9,12H2,(H,30,32). The smallest absolute Gasteiger partial charge is 0.255 e. The summed E-state index contributed by atoms with van der Waals surface area (Å²) >= 11 is 6.21. The van der Waals surface area contributed by atoms with Gasteiger partial charge >= 0.3 is 0 Å². The van der Waals surface area contributed by atoms with E-state index in [-0.39, 0.29) is 52.4 Å². The molecule has 1 amide bonds. The van der Waals surface area contributed by atoms with E-state index in [9.17, 15) is 31.5 Å². The highest BCUT2D eigenvalue weighted by Gasteiger charge is 2.60. The fourth-order valence-corrected chi connectivity index (χ4v) is 7.70. The van der Waals surface area contributed by atoms with Crippen LogP contribution in [0, 0.1) is 29.3 Å². The third-order valence-corrected chi connectivity index (χ3v) is 9.89. The van der Waals surface area contributed by atoms with Crippen molar-refractivity contribution in [2.45, 2.75) is 41.6 Å². The first kappa shape index (κ1) is 24.8. The molecule has 7 nitrogen and oxygen atoms in total. The van der Waals surface area contributed by atoms with Crippen LogP contribution in [0.5, 0.6) is 0 Å². The molecule has 1 heterocycles. The molecule has 3 aromatic rings. The maximum Gasteiger partial charge on any atom is 0.255 e. The number of hydrogen-bond donors (Lipinski definition) is 2. The van der Waals surface area contributed by atoms with E-state index in [0.29, 0.717) is 18.6 Å². The molecule has 0 aliphatic heterocycles. The Morgan fingerprint density at radius 3 is 2.42 bits per heavy atom. The first-order valence-corrected chi connectivity index (χ1v) is 13.1. The summed E-state index contributed by atoms with van der Waals surface area (Å²) in [4.78, 5) is 12.4. The molecule has 2 atom stereocenters. The van der Waals surface area contributed by atoms with Gasteiger partial charge in [0.1, 0.15) is 0 Å². The normalized spacial score (nSPS) is 25.3. The third-order valence-electron chi connectivity index (χ3n) is 7.23. The molecule has 2 N–H and O–H groups in total. The fourth-order valence-electron chi connectivity index (χ4n) is 5.29. The van der Waals surface area contributed by atoms with E-state index in [1.165, 1.54) is 12.1 Å². The molecule has 3 saturated carbocycles. The third kappa shape index (κ3) is 4.18. The van der Waals surface area contributed by atoms with Crippen molar-refractivity contribution in [1.82, 2.24) is 9.78 Å². The zero-order chi connectivity index (χ0) is 25.8. The minimum atomic E-state index is -3.97. The van der Waals surface area contributed by atoms with Crippen LogP contribution >= 0.6 is 11.6 Å². The van der Waals surface area contributed by atoms with Crippen LogP contribution in [0.1, 0.15) is 29.6 Å². The van der Waals surface area contributed by atoms with Crippen molar-refractivity contribution in [2.75, 3.05) is 5.32 Å². The first-order chi connectivity index (χ1) is 17.0. The number of rotatable bonds is 6. The van der Waals surface area contributed by atoms with Crippen LogP contribution in [-0.2, 0) is 16.4 Å². The maximum absolute atomic E-state index is 13.5. The predicted octanol–water partition coefficient (Wildman–Crippen LogP) is 4.21. The topological polar surface area (TPSA) is 101 Å². The number of hydrogen-bond acceptors (Lipinski definition) is 5. The zero-order valence-corrected chi connectivity index (χ0v) is 20.2. The van der Waals surface area contributed by atoms with Crippen LogP contribution in [0.3, 0.4) is 0 Å². The molecule has 0 saturated heterocycles. The molecular formula is C24H21ClF3N3O4S. The number of benzene rings is 2. The number of carbonyl (C=O) groups excluding carboxylic acids is 1. The van der Waals surface area contributed by atoms with Gasteiger partial charge in [-0.2, -0.15) is 5.10 Å². The highest BCUT2D eigenvalue weighted by atomic mass is 35.5. The summed E-state index contributed by atoms with van der Waals surface area (Å²) in [6, 6.07) is 6.62. The molecule has 12 heteroatoms. The van der Waals surface area contributed by atoms with Gasteiger partial charge in [-0.15, -0.1) is 0 Å². The Morgan fingerprint density at radius 1 is 1.14 bits per heavy atom. The Balaban J connectivity index is 1.35. The van der Waals surface area contributed by atoms with Crippen LogP contribution in [0.4, 0.5) is 18.9 Å². The molecule has 2 bridgehead atoms. The molecular weight excluding hydrogens is 519 g/mol. The van der Waals surface area contributed by atoms with Crippen molar-refractivity contribution < 1.29 is 31.5 Å². The minimum absolute atomic E-state index is 0.0727. The van der Waals surface area contributed by atoms with Crippen LogP contribution < -0.4 is 5.32 Å². The number of carbonyl (C=O) groups is 1. The van der Waals surface area contributed by atoms with Gasteiger partial charge in [0.05, 0.1) is 27.3 Å². The van der Waals surface area contributed by atoms with Crippen LogP contribution in [0.15, 0.2) is 53.7 Å². The highest BCUT2D eigenvalue weighted by molar-refractivity contribution is 7.92. The lowest BCUT2D eigenvalue weighted by atomic mass is 9.53. The van der Waals surface area contributed by atoms with Crippen molar-refractivity contribution in [3.8, 4) is 0 Å². The summed E-state index contributed by atoms with van der Waals surface area (Å²) in [5.74, 6) is -5.94. The number of nitrogens with zero attached hydrogens (tertiary/aromatic N) is 2. The molecule has 0 spiro atoms. The molecule has 6 rings (SSSR count). The van der Waals surface area contributed by atoms with Crippen molar-refractivity contribution >= 4 is 33.0 Å². The SMILES string of the molecule is O=C(Nc1cc(F)c(F)c(F)c1)c1ccc(Cl)c(S(=O)(=O)C2CC3CC(C2)C3(O)Cn2cccn2)c1. The van der Waals surface area contributed by atoms with Crippen molar-refractivity contribution in [3.63, 3.8) is 0 Å². The van der Waals surface area contributed by atoms with E-state index in [1.807, 2.05) is 0 Å². The number of halogens is 4. The second kappa shape index (κ2) is 8.89. The summed E-state index contributed by atoms with van der Waals surface area (Å²) in [5.41, 5.74) is -1.48. The number of nitrogens with one attached hydrogen (secondary N) is 1. The molecule has 1 aromatic heterocycles. The molecule has 0 radical (unpaired) electrons.